The van der Waals surface area contributed by atoms with E-state index in [4.69, 9.17) is 9.47 Å². The Balaban J connectivity index is 1.68. The highest BCUT2D eigenvalue weighted by atomic mass is 16.6. The van der Waals surface area contributed by atoms with Crippen molar-refractivity contribution in [2.45, 2.75) is 46.0 Å². The van der Waals surface area contributed by atoms with Gasteiger partial charge in [-0.15, -0.1) is 0 Å². The molecule has 4 rings (SSSR count). The molecule has 2 amide bonds. The van der Waals surface area contributed by atoms with E-state index in [1.807, 2.05) is 42.5 Å². The van der Waals surface area contributed by atoms with Crippen molar-refractivity contribution in [2.75, 3.05) is 13.7 Å². The van der Waals surface area contributed by atoms with Crippen molar-refractivity contribution in [1.29, 1.82) is 0 Å². The summed E-state index contributed by atoms with van der Waals surface area (Å²) in [6.07, 6.45) is -0.478. The van der Waals surface area contributed by atoms with Gasteiger partial charge in [-0.2, -0.15) is 0 Å². The molecule has 1 aliphatic heterocycles. The molecule has 0 unspecified atom stereocenters. The van der Waals surface area contributed by atoms with Crippen LogP contribution >= 0.6 is 0 Å². The van der Waals surface area contributed by atoms with Crippen LogP contribution in [0.4, 0.5) is 4.79 Å². The molecule has 0 saturated carbocycles. The number of benzene rings is 2. The van der Waals surface area contributed by atoms with E-state index in [1.165, 1.54) is 9.47 Å². The van der Waals surface area contributed by atoms with Gasteiger partial charge in [-0.25, -0.2) is 9.59 Å². The van der Waals surface area contributed by atoms with Crippen LogP contribution in [0.3, 0.4) is 0 Å². The number of fused-ring (bicyclic) bond motifs is 1. The minimum atomic E-state index is -0.650. The number of carbonyl (C=O) groups is 2. The third kappa shape index (κ3) is 5.24. The van der Waals surface area contributed by atoms with Crippen LogP contribution in [0.1, 0.15) is 42.5 Å². The van der Waals surface area contributed by atoms with Gasteiger partial charge in [-0.1, -0.05) is 30.3 Å². The van der Waals surface area contributed by atoms with Crippen LogP contribution < -0.4 is 15.7 Å². The molecule has 2 heterocycles. The second-order valence-electron chi connectivity index (χ2n) is 9.33. The summed E-state index contributed by atoms with van der Waals surface area (Å²) in [5.41, 5.74) is 1.19. The lowest BCUT2D eigenvalue weighted by Gasteiger charge is -2.30. The minimum absolute atomic E-state index is 0.0925. The topological polar surface area (TPSA) is 94.8 Å². The highest BCUT2D eigenvalue weighted by molar-refractivity contribution is 5.94. The fraction of sp³-hybridized carbons (Fsp3) is 0.346. The first kappa shape index (κ1) is 24.1. The largest absolute Gasteiger partial charge is 0.497 e. The molecule has 2 aromatic carbocycles. The van der Waals surface area contributed by atoms with Crippen molar-refractivity contribution < 1.29 is 19.1 Å². The molecule has 184 valence electrons. The van der Waals surface area contributed by atoms with Gasteiger partial charge in [0, 0.05) is 19.6 Å². The quantitative estimate of drug-likeness (QED) is 0.607. The first-order valence-electron chi connectivity index (χ1n) is 11.5. The molecule has 3 aromatic rings. The van der Waals surface area contributed by atoms with Gasteiger partial charge < -0.3 is 19.7 Å². The second kappa shape index (κ2) is 9.69. The normalized spacial score (nSPS) is 13.2. The Hall–Kier alpha value is -4.01. The average molecular weight is 479 g/mol. The van der Waals surface area contributed by atoms with Crippen LogP contribution in [0.15, 0.2) is 59.4 Å². The van der Waals surface area contributed by atoms with Crippen molar-refractivity contribution in [3.8, 4) is 11.4 Å². The fourth-order valence-corrected chi connectivity index (χ4v) is 4.00. The predicted octanol–water partition coefficient (Wildman–Crippen LogP) is 3.33. The van der Waals surface area contributed by atoms with E-state index in [0.29, 0.717) is 17.9 Å². The molecule has 9 heteroatoms. The number of nitrogens with zero attached hydrogens (tertiary/aromatic N) is 3. The van der Waals surface area contributed by atoms with E-state index in [1.54, 1.807) is 44.6 Å². The SMILES string of the molecule is COc1ccc(CNC(=O)c2c3n(c(=O)n2-c2ccccc2)CCN(C(=O)OC(C)(C)C)C3)cc1. The Morgan fingerprint density at radius 3 is 2.31 bits per heavy atom. The molecule has 0 aliphatic carbocycles. The fourth-order valence-electron chi connectivity index (χ4n) is 4.00. The first-order chi connectivity index (χ1) is 16.7. The number of hydrogen-bond acceptors (Lipinski definition) is 5. The minimum Gasteiger partial charge on any atom is -0.497 e. The molecule has 9 nitrogen and oxygen atoms in total. The van der Waals surface area contributed by atoms with Gasteiger partial charge in [0.15, 0.2) is 0 Å². The molecule has 0 fully saturated rings. The summed E-state index contributed by atoms with van der Waals surface area (Å²) in [4.78, 5) is 41.1. The molecular formula is C26H30N4O5. The van der Waals surface area contributed by atoms with Gasteiger partial charge in [-0.05, 0) is 50.6 Å². The van der Waals surface area contributed by atoms with Crippen LogP contribution in [0, 0.1) is 0 Å². The van der Waals surface area contributed by atoms with Crippen molar-refractivity contribution in [2.24, 2.45) is 0 Å². The third-order valence-corrected chi connectivity index (χ3v) is 5.67. The van der Waals surface area contributed by atoms with Crippen molar-refractivity contribution >= 4 is 12.0 Å². The molecule has 35 heavy (non-hydrogen) atoms. The molecular weight excluding hydrogens is 448 g/mol. The Bertz CT molecular complexity index is 1270. The number of imidazole rings is 1. The number of rotatable bonds is 5. The molecule has 1 aromatic heterocycles. The second-order valence-corrected chi connectivity index (χ2v) is 9.33. The third-order valence-electron chi connectivity index (χ3n) is 5.67. The number of ether oxygens (including phenoxy) is 2. The van der Waals surface area contributed by atoms with E-state index in [0.717, 1.165) is 11.3 Å². The van der Waals surface area contributed by atoms with E-state index < -0.39 is 17.6 Å². The maximum absolute atomic E-state index is 13.5. The van der Waals surface area contributed by atoms with Crippen LogP contribution in [0.25, 0.3) is 5.69 Å². The number of hydrogen-bond donors (Lipinski definition) is 1. The maximum atomic E-state index is 13.5. The van der Waals surface area contributed by atoms with E-state index in [-0.39, 0.29) is 31.0 Å². The number of amides is 2. The zero-order valence-electron chi connectivity index (χ0n) is 20.4. The first-order valence-corrected chi connectivity index (χ1v) is 11.5. The summed E-state index contributed by atoms with van der Waals surface area (Å²) in [6.45, 7) is 6.35. The summed E-state index contributed by atoms with van der Waals surface area (Å²) in [6, 6.07) is 16.4. The zero-order chi connectivity index (χ0) is 25.2. The lowest BCUT2D eigenvalue weighted by molar-refractivity contribution is 0.0196. The van der Waals surface area contributed by atoms with Gasteiger partial charge in [0.05, 0.1) is 25.0 Å². The van der Waals surface area contributed by atoms with Gasteiger partial charge >= 0.3 is 11.8 Å². The standard InChI is InChI=1S/C26H30N4O5/c1-26(2,3)35-25(33)28-14-15-29-21(17-28)22(30(24(29)32)19-8-6-5-7-9-19)23(31)27-16-18-10-12-20(34-4)13-11-18/h5-13H,14-17H2,1-4H3,(H,27,31). The average Bonchev–Trinajstić information content (AvgIpc) is 3.14. The molecule has 0 saturated heterocycles. The summed E-state index contributed by atoms with van der Waals surface area (Å²) >= 11 is 0. The predicted molar refractivity (Wildman–Crippen MR) is 131 cm³/mol. The number of methoxy groups -OCH3 is 1. The summed E-state index contributed by atoms with van der Waals surface area (Å²) in [5.74, 6) is 0.322. The van der Waals surface area contributed by atoms with Crippen LogP contribution in [-0.2, 0) is 24.4 Å². The zero-order valence-corrected chi connectivity index (χ0v) is 20.4. The number of aromatic nitrogens is 2. The van der Waals surface area contributed by atoms with E-state index >= 15 is 0 Å². The number of carbonyl (C=O) groups excluding carboxylic acids is 2. The highest BCUT2D eigenvalue weighted by Crippen LogP contribution is 2.22. The van der Waals surface area contributed by atoms with Crippen molar-refractivity contribution in [3.63, 3.8) is 0 Å². The van der Waals surface area contributed by atoms with Crippen LogP contribution in [0.2, 0.25) is 0 Å². The Labute approximate surface area is 203 Å². The Kier molecular flexibility index (Phi) is 6.68. The maximum Gasteiger partial charge on any atom is 0.410 e. The van der Waals surface area contributed by atoms with Gasteiger partial charge in [0.2, 0.25) is 0 Å². The van der Waals surface area contributed by atoms with Crippen molar-refractivity contribution in [3.05, 3.63) is 82.0 Å². The lowest BCUT2D eigenvalue weighted by Crippen LogP contribution is -2.43. The monoisotopic (exact) mass is 478 g/mol. The van der Waals surface area contributed by atoms with Crippen LogP contribution in [0.5, 0.6) is 5.75 Å². The Morgan fingerprint density at radius 1 is 1.00 bits per heavy atom. The van der Waals surface area contributed by atoms with E-state index in [2.05, 4.69) is 5.32 Å². The van der Waals surface area contributed by atoms with Gasteiger partial charge in [-0.3, -0.25) is 13.9 Å². The molecule has 0 atom stereocenters. The van der Waals surface area contributed by atoms with Gasteiger partial charge in [0.1, 0.15) is 17.0 Å². The van der Waals surface area contributed by atoms with E-state index in [9.17, 15) is 14.4 Å². The highest BCUT2D eigenvalue weighted by Gasteiger charge is 2.33. The Morgan fingerprint density at radius 2 is 1.69 bits per heavy atom. The van der Waals surface area contributed by atoms with Crippen molar-refractivity contribution in [1.82, 2.24) is 19.4 Å². The number of nitrogens with one attached hydrogen (secondary N) is 1. The molecule has 1 N–H and O–H groups in total. The molecule has 0 bridgehead atoms. The molecule has 0 radical (unpaired) electrons. The molecule has 1 aliphatic rings. The number of para-hydroxylation sites is 1. The summed E-state index contributed by atoms with van der Waals surface area (Å²) < 4.78 is 13.7. The smallest absolute Gasteiger partial charge is 0.410 e. The lowest BCUT2D eigenvalue weighted by atomic mass is 10.2. The summed E-state index contributed by atoms with van der Waals surface area (Å²) in [7, 11) is 1.59. The summed E-state index contributed by atoms with van der Waals surface area (Å²) in [5, 5.41) is 2.92. The van der Waals surface area contributed by atoms with Crippen LogP contribution in [-0.4, -0.2) is 45.3 Å². The molecule has 0 spiro atoms. The van der Waals surface area contributed by atoms with Gasteiger partial charge in [0.25, 0.3) is 5.91 Å².